The van der Waals surface area contributed by atoms with Crippen molar-refractivity contribution in [2.75, 3.05) is 24.6 Å². The number of hydrogen-bond donors (Lipinski definition) is 2. The molecule has 1 aliphatic rings. The third kappa shape index (κ3) is 6.02. The van der Waals surface area contributed by atoms with Gasteiger partial charge in [-0.15, -0.1) is 0 Å². The van der Waals surface area contributed by atoms with Crippen LogP contribution in [0.4, 0.5) is 0 Å². The van der Waals surface area contributed by atoms with Gasteiger partial charge in [0.15, 0.2) is 9.84 Å². The van der Waals surface area contributed by atoms with Crippen molar-refractivity contribution in [3.8, 4) is 0 Å². The smallest absolute Gasteiger partial charge is 0.304 e. The number of carboxylic acids is 1. The van der Waals surface area contributed by atoms with E-state index in [1.54, 1.807) is 0 Å². The molecule has 0 radical (unpaired) electrons. The first kappa shape index (κ1) is 15.9. The van der Waals surface area contributed by atoms with Crippen molar-refractivity contribution in [1.82, 2.24) is 4.90 Å². The molecule has 1 aliphatic heterocycles. The lowest BCUT2D eigenvalue weighted by molar-refractivity contribution is -0.138. The van der Waals surface area contributed by atoms with Crippen LogP contribution in [0.25, 0.3) is 0 Å². The van der Waals surface area contributed by atoms with Crippen molar-refractivity contribution >= 4 is 21.7 Å². The van der Waals surface area contributed by atoms with Gasteiger partial charge in [0, 0.05) is 19.0 Å². The summed E-state index contributed by atoms with van der Waals surface area (Å²) in [6.07, 6.45) is 1.55. The highest BCUT2D eigenvalue weighted by Gasteiger charge is 2.27. The number of carboxylic acid groups (broad SMARTS) is 1. The zero-order valence-corrected chi connectivity index (χ0v) is 11.6. The van der Waals surface area contributed by atoms with E-state index in [4.69, 9.17) is 10.8 Å². The predicted molar refractivity (Wildman–Crippen MR) is 69.3 cm³/mol. The molecule has 8 heteroatoms. The topological polar surface area (TPSA) is 118 Å². The Bertz CT molecular complexity index is 434. The maximum absolute atomic E-state index is 11.7. The number of likely N-dealkylation sites (tertiary alicyclic amines) is 1. The molecule has 0 aromatic rings. The molecular formula is C11H20N2O5S. The minimum absolute atomic E-state index is 0.0430. The SMILES string of the molecule is NC(=O)CCS(=O)(=O)CCN1CCCC1CC(=O)O. The summed E-state index contributed by atoms with van der Waals surface area (Å²) in [4.78, 5) is 23.1. The van der Waals surface area contributed by atoms with Crippen LogP contribution in [0.1, 0.15) is 25.7 Å². The Morgan fingerprint density at radius 1 is 1.32 bits per heavy atom. The number of nitrogens with two attached hydrogens (primary N) is 1. The summed E-state index contributed by atoms with van der Waals surface area (Å²) in [5.41, 5.74) is 4.92. The Labute approximate surface area is 112 Å². The van der Waals surface area contributed by atoms with Crippen molar-refractivity contribution < 1.29 is 23.1 Å². The minimum Gasteiger partial charge on any atom is -0.481 e. The average Bonchev–Trinajstić information content (AvgIpc) is 2.71. The molecule has 1 fully saturated rings. The van der Waals surface area contributed by atoms with Crippen LogP contribution in [0, 0.1) is 0 Å². The summed E-state index contributed by atoms with van der Waals surface area (Å²) >= 11 is 0. The van der Waals surface area contributed by atoms with Gasteiger partial charge < -0.3 is 10.8 Å². The summed E-state index contributed by atoms with van der Waals surface area (Å²) in [5, 5.41) is 8.77. The molecule has 1 unspecified atom stereocenters. The van der Waals surface area contributed by atoms with E-state index in [0.717, 1.165) is 19.4 Å². The molecule has 1 saturated heterocycles. The van der Waals surface area contributed by atoms with Crippen LogP contribution >= 0.6 is 0 Å². The first-order valence-corrected chi connectivity index (χ1v) is 8.07. The molecule has 0 spiro atoms. The van der Waals surface area contributed by atoms with E-state index in [0.29, 0.717) is 6.54 Å². The van der Waals surface area contributed by atoms with Crippen LogP contribution in [0.3, 0.4) is 0 Å². The molecule has 7 nitrogen and oxygen atoms in total. The van der Waals surface area contributed by atoms with Gasteiger partial charge >= 0.3 is 5.97 Å². The molecule has 19 heavy (non-hydrogen) atoms. The molecule has 0 aromatic heterocycles. The average molecular weight is 292 g/mol. The van der Waals surface area contributed by atoms with E-state index in [1.807, 2.05) is 4.90 Å². The fraction of sp³-hybridized carbons (Fsp3) is 0.818. The van der Waals surface area contributed by atoms with Gasteiger partial charge in [-0.25, -0.2) is 8.42 Å². The molecule has 0 bridgehead atoms. The summed E-state index contributed by atoms with van der Waals surface area (Å²) in [6.45, 7) is 1.04. The van der Waals surface area contributed by atoms with E-state index >= 15 is 0 Å². The molecule has 0 aliphatic carbocycles. The zero-order chi connectivity index (χ0) is 14.5. The minimum atomic E-state index is -3.31. The molecule has 0 saturated carbocycles. The van der Waals surface area contributed by atoms with E-state index < -0.39 is 21.7 Å². The molecule has 0 aromatic carbocycles. The van der Waals surface area contributed by atoms with Crippen LogP contribution in [-0.2, 0) is 19.4 Å². The van der Waals surface area contributed by atoms with Crippen molar-refractivity contribution in [2.45, 2.75) is 31.7 Å². The van der Waals surface area contributed by atoms with E-state index in [9.17, 15) is 18.0 Å². The number of carbonyl (C=O) groups is 2. The second-order valence-corrected chi connectivity index (χ2v) is 7.10. The number of rotatable bonds is 8. The molecule has 1 heterocycles. The highest BCUT2D eigenvalue weighted by molar-refractivity contribution is 7.91. The first-order chi connectivity index (χ1) is 8.80. The van der Waals surface area contributed by atoms with Gasteiger partial charge in [-0.05, 0) is 19.4 Å². The van der Waals surface area contributed by atoms with Gasteiger partial charge in [0.2, 0.25) is 5.91 Å². The number of hydrogen-bond acceptors (Lipinski definition) is 5. The Balaban J connectivity index is 2.42. The molecule has 3 N–H and O–H groups in total. The Kier molecular flexibility index (Phi) is 5.74. The highest BCUT2D eigenvalue weighted by atomic mass is 32.2. The highest BCUT2D eigenvalue weighted by Crippen LogP contribution is 2.19. The van der Waals surface area contributed by atoms with Crippen LogP contribution < -0.4 is 5.73 Å². The molecule has 1 atom stereocenters. The van der Waals surface area contributed by atoms with Gasteiger partial charge in [0.25, 0.3) is 0 Å². The van der Waals surface area contributed by atoms with Gasteiger partial charge in [-0.2, -0.15) is 0 Å². The lowest BCUT2D eigenvalue weighted by Gasteiger charge is -2.22. The number of aliphatic carboxylic acids is 1. The monoisotopic (exact) mass is 292 g/mol. The van der Waals surface area contributed by atoms with E-state index in [1.165, 1.54) is 0 Å². The van der Waals surface area contributed by atoms with Crippen molar-refractivity contribution in [3.63, 3.8) is 0 Å². The number of carbonyl (C=O) groups excluding carboxylic acids is 1. The predicted octanol–water partition coefficient (Wildman–Crippen LogP) is -0.784. The van der Waals surface area contributed by atoms with Crippen LogP contribution in [-0.4, -0.2) is 60.9 Å². The van der Waals surface area contributed by atoms with Gasteiger partial charge in [-0.1, -0.05) is 0 Å². The lowest BCUT2D eigenvalue weighted by atomic mass is 10.1. The van der Waals surface area contributed by atoms with Crippen LogP contribution in [0.15, 0.2) is 0 Å². The largest absolute Gasteiger partial charge is 0.481 e. The molecule has 1 rings (SSSR count). The number of primary amides is 1. The van der Waals surface area contributed by atoms with Crippen molar-refractivity contribution in [3.05, 3.63) is 0 Å². The second-order valence-electron chi connectivity index (χ2n) is 4.80. The first-order valence-electron chi connectivity index (χ1n) is 6.25. The quantitative estimate of drug-likeness (QED) is 0.605. The van der Waals surface area contributed by atoms with Crippen molar-refractivity contribution in [2.24, 2.45) is 5.73 Å². The standard InChI is InChI=1S/C11H20N2O5S/c12-10(14)3-6-19(17,18)7-5-13-4-1-2-9(13)8-11(15)16/h9H,1-8H2,(H2,12,14)(H,15,16). The van der Waals surface area contributed by atoms with Crippen LogP contribution in [0.2, 0.25) is 0 Å². The van der Waals surface area contributed by atoms with E-state index in [-0.39, 0.29) is 30.4 Å². The van der Waals surface area contributed by atoms with Crippen LogP contribution in [0.5, 0.6) is 0 Å². The van der Waals surface area contributed by atoms with Gasteiger partial charge in [0.05, 0.1) is 17.9 Å². The molecule has 110 valence electrons. The summed E-state index contributed by atoms with van der Waals surface area (Å²) < 4.78 is 23.3. The van der Waals surface area contributed by atoms with E-state index in [2.05, 4.69) is 0 Å². The maximum Gasteiger partial charge on any atom is 0.304 e. The summed E-state index contributed by atoms with van der Waals surface area (Å²) in [7, 11) is -3.31. The number of amides is 1. The Morgan fingerprint density at radius 3 is 2.58 bits per heavy atom. The van der Waals surface area contributed by atoms with Gasteiger partial charge in [-0.3, -0.25) is 14.5 Å². The third-order valence-corrected chi connectivity index (χ3v) is 4.89. The number of sulfone groups is 1. The van der Waals surface area contributed by atoms with Gasteiger partial charge in [0.1, 0.15) is 0 Å². The fourth-order valence-electron chi connectivity index (χ4n) is 2.24. The Morgan fingerprint density at radius 2 is 2.00 bits per heavy atom. The summed E-state index contributed by atoms with van der Waals surface area (Å²) in [6, 6.07) is -0.0798. The second kappa shape index (κ2) is 6.85. The maximum atomic E-state index is 11.7. The molecular weight excluding hydrogens is 272 g/mol. The molecule has 1 amide bonds. The fourth-order valence-corrected chi connectivity index (χ4v) is 3.47. The lowest BCUT2D eigenvalue weighted by Crippen LogP contribution is -2.35. The van der Waals surface area contributed by atoms with Crippen molar-refractivity contribution in [1.29, 1.82) is 0 Å². The Hall–Kier alpha value is -1.15. The third-order valence-electron chi connectivity index (χ3n) is 3.26. The summed E-state index contributed by atoms with van der Waals surface area (Å²) in [5.74, 6) is -1.79. The zero-order valence-electron chi connectivity index (χ0n) is 10.7. The normalized spacial score (nSPS) is 20.5. The number of nitrogens with zero attached hydrogens (tertiary/aromatic N) is 1.